The predicted octanol–water partition coefficient (Wildman–Crippen LogP) is 2.40. The Kier molecular flexibility index (Phi) is 5.45. The molecule has 1 aromatic heterocycles. The van der Waals surface area contributed by atoms with Crippen molar-refractivity contribution in [2.45, 2.75) is 13.3 Å². The highest BCUT2D eigenvalue weighted by atomic mass is 16.7. The molecule has 1 aliphatic heterocycles. The van der Waals surface area contributed by atoms with Crippen molar-refractivity contribution in [3.8, 4) is 17.6 Å². The number of ether oxygens (including phenoxy) is 3. The maximum Gasteiger partial charge on any atom is 0.325 e. The van der Waals surface area contributed by atoms with E-state index >= 15 is 0 Å². The van der Waals surface area contributed by atoms with Crippen molar-refractivity contribution >= 4 is 28.5 Å². The third-order valence-corrected chi connectivity index (χ3v) is 4.91. The minimum Gasteiger partial charge on any atom is -0.465 e. The summed E-state index contributed by atoms with van der Waals surface area (Å²) in [5.74, 6) is 1.35. The summed E-state index contributed by atoms with van der Waals surface area (Å²) >= 11 is 0. The first kappa shape index (κ1) is 20.2. The molecule has 0 saturated carbocycles. The quantitative estimate of drug-likeness (QED) is 0.474. The smallest absolute Gasteiger partial charge is 0.325 e. The van der Waals surface area contributed by atoms with Gasteiger partial charge in [0.25, 0.3) is 0 Å². The first-order valence-corrected chi connectivity index (χ1v) is 9.74. The lowest BCUT2D eigenvalue weighted by molar-refractivity contribution is -0.141. The number of rotatable bonds is 6. The molecule has 0 bridgehead atoms. The van der Waals surface area contributed by atoms with Crippen LogP contribution >= 0.6 is 0 Å². The van der Waals surface area contributed by atoms with Gasteiger partial charge in [-0.15, -0.1) is 0 Å². The molecule has 0 amide bonds. The summed E-state index contributed by atoms with van der Waals surface area (Å²) in [6, 6.07) is 11.1. The number of carbonyl (C=O) groups is 1. The molecule has 0 spiro atoms. The van der Waals surface area contributed by atoms with Gasteiger partial charge in [-0.2, -0.15) is 5.26 Å². The largest absolute Gasteiger partial charge is 0.465 e. The Morgan fingerprint density at radius 2 is 2.06 bits per heavy atom. The van der Waals surface area contributed by atoms with Crippen molar-refractivity contribution in [1.29, 1.82) is 5.26 Å². The normalized spacial score (nSPS) is 11.9. The van der Waals surface area contributed by atoms with Crippen molar-refractivity contribution in [2.75, 3.05) is 37.6 Å². The van der Waals surface area contributed by atoms with E-state index in [1.165, 1.54) is 0 Å². The fourth-order valence-electron chi connectivity index (χ4n) is 3.43. The minimum atomic E-state index is -0.370. The number of aromatic nitrogens is 2. The molecule has 0 unspecified atom stereocenters. The molecule has 3 aromatic rings. The molecule has 9 nitrogen and oxygen atoms in total. The van der Waals surface area contributed by atoms with Gasteiger partial charge in [0.05, 0.1) is 29.1 Å². The minimum absolute atomic E-state index is 0.00850. The Morgan fingerprint density at radius 1 is 1.26 bits per heavy atom. The number of esters is 1. The molecular formula is C22H21N5O4. The Labute approximate surface area is 179 Å². The first-order valence-electron chi connectivity index (χ1n) is 9.74. The number of benzene rings is 2. The molecule has 0 atom stereocenters. The maximum absolute atomic E-state index is 11.9. The average Bonchev–Trinajstić information content (AvgIpc) is 3.21. The van der Waals surface area contributed by atoms with Gasteiger partial charge in [-0.25, -0.2) is 9.97 Å². The third kappa shape index (κ3) is 4.00. The van der Waals surface area contributed by atoms with Gasteiger partial charge in [0.15, 0.2) is 11.5 Å². The summed E-state index contributed by atoms with van der Waals surface area (Å²) < 4.78 is 15.9. The lowest BCUT2D eigenvalue weighted by atomic mass is 10.0. The second-order valence-corrected chi connectivity index (χ2v) is 7.03. The lowest BCUT2D eigenvalue weighted by Crippen LogP contribution is -2.29. The fourth-order valence-corrected chi connectivity index (χ4v) is 3.43. The zero-order chi connectivity index (χ0) is 22.0. The van der Waals surface area contributed by atoms with Crippen LogP contribution in [0.15, 0.2) is 30.3 Å². The number of nitriles is 1. The standard InChI is InChI=1S/C22H21N5O4/c1-3-29-19(28)11-27(2)22-25-15-6-5-14(10-23)21(24)20(15)16(26-22)8-13-4-7-17-18(9-13)31-12-30-17/h4-7,9H,3,8,11-12,24H2,1-2H3. The van der Waals surface area contributed by atoms with Crippen LogP contribution < -0.4 is 20.1 Å². The van der Waals surface area contributed by atoms with Gasteiger partial charge < -0.3 is 24.8 Å². The number of fused-ring (bicyclic) bond motifs is 2. The van der Waals surface area contributed by atoms with Crippen molar-refractivity contribution in [1.82, 2.24) is 9.97 Å². The van der Waals surface area contributed by atoms with E-state index in [-0.39, 0.29) is 19.3 Å². The molecule has 2 aromatic carbocycles. The number of nitrogens with zero attached hydrogens (tertiary/aromatic N) is 4. The molecule has 9 heteroatoms. The zero-order valence-electron chi connectivity index (χ0n) is 17.2. The second-order valence-electron chi connectivity index (χ2n) is 7.03. The van der Waals surface area contributed by atoms with E-state index in [4.69, 9.17) is 19.9 Å². The first-order chi connectivity index (χ1) is 15.0. The molecular weight excluding hydrogens is 398 g/mol. The summed E-state index contributed by atoms with van der Waals surface area (Å²) in [5, 5.41) is 10.0. The van der Waals surface area contributed by atoms with Crippen LogP contribution in [0.25, 0.3) is 10.9 Å². The van der Waals surface area contributed by atoms with Crippen LogP contribution in [0.3, 0.4) is 0 Å². The van der Waals surface area contributed by atoms with Crippen LogP contribution in [0, 0.1) is 11.3 Å². The molecule has 2 heterocycles. The monoisotopic (exact) mass is 419 g/mol. The Bertz CT molecular complexity index is 1200. The number of nitrogen functional groups attached to an aromatic ring is 1. The summed E-state index contributed by atoms with van der Waals surface area (Å²) in [6.07, 6.45) is 0.426. The van der Waals surface area contributed by atoms with E-state index in [0.29, 0.717) is 58.3 Å². The van der Waals surface area contributed by atoms with Gasteiger partial charge >= 0.3 is 5.97 Å². The molecule has 0 saturated heterocycles. The number of hydrogen-bond donors (Lipinski definition) is 1. The van der Waals surface area contributed by atoms with Gasteiger partial charge in [0, 0.05) is 18.9 Å². The highest BCUT2D eigenvalue weighted by Gasteiger charge is 2.19. The maximum atomic E-state index is 11.9. The van der Waals surface area contributed by atoms with Gasteiger partial charge in [-0.1, -0.05) is 6.07 Å². The van der Waals surface area contributed by atoms with Crippen molar-refractivity contribution < 1.29 is 19.0 Å². The molecule has 158 valence electrons. The summed E-state index contributed by atoms with van der Waals surface area (Å²) in [7, 11) is 1.72. The summed E-state index contributed by atoms with van der Waals surface area (Å²) in [4.78, 5) is 22.8. The fraction of sp³-hybridized carbons (Fsp3) is 0.273. The van der Waals surface area contributed by atoms with Crippen molar-refractivity contribution in [3.63, 3.8) is 0 Å². The molecule has 0 aliphatic carbocycles. The van der Waals surface area contributed by atoms with Crippen LogP contribution in [-0.4, -0.2) is 42.9 Å². The van der Waals surface area contributed by atoms with Gasteiger partial charge in [0.2, 0.25) is 12.7 Å². The van der Waals surface area contributed by atoms with Gasteiger partial charge in [-0.05, 0) is 36.8 Å². The van der Waals surface area contributed by atoms with Crippen LogP contribution in [0.4, 0.5) is 11.6 Å². The topological polar surface area (TPSA) is 124 Å². The zero-order valence-corrected chi connectivity index (χ0v) is 17.2. The third-order valence-electron chi connectivity index (χ3n) is 4.91. The number of hydrogen-bond acceptors (Lipinski definition) is 9. The van der Waals surface area contributed by atoms with Crippen molar-refractivity contribution in [3.05, 3.63) is 47.2 Å². The van der Waals surface area contributed by atoms with Crippen LogP contribution in [0.2, 0.25) is 0 Å². The van der Waals surface area contributed by atoms with Crippen LogP contribution in [0.5, 0.6) is 11.5 Å². The van der Waals surface area contributed by atoms with E-state index in [0.717, 1.165) is 5.56 Å². The van der Waals surface area contributed by atoms with Crippen molar-refractivity contribution in [2.24, 2.45) is 0 Å². The summed E-state index contributed by atoms with van der Waals surface area (Å²) in [5.41, 5.74) is 9.14. The molecule has 1 aliphatic rings. The molecule has 4 rings (SSSR count). The Balaban J connectivity index is 1.78. The van der Waals surface area contributed by atoms with Gasteiger partial charge in [-0.3, -0.25) is 4.79 Å². The van der Waals surface area contributed by atoms with E-state index in [2.05, 4.69) is 16.0 Å². The highest BCUT2D eigenvalue weighted by Crippen LogP contribution is 2.34. The Hall–Kier alpha value is -4.06. The Morgan fingerprint density at radius 3 is 2.84 bits per heavy atom. The van der Waals surface area contributed by atoms with E-state index in [1.807, 2.05) is 18.2 Å². The van der Waals surface area contributed by atoms with Crippen LogP contribution in [-0.2, 0) is 16.0 Å². The lowest BCUT2D eigenvalue weighted by Gasteiger charge is -2.19. The SMILES string of the molecule is CCOC(=O)CN(C)c1nc(Cc2ccc3c(c2)OCO3)c2c(N)c(C#N)ccc2n1. The second kappa shape index (κ2) is 8.36. The average molecular weight is 419 g/mol. The number of nitrogens with two attached hydrogens (primary N) is 1. The molecule has 2 N–H and O–H groups in total. The van der Waals surface area contributed by atoms with E-state index < -0.39 is 0 Å². The summed E-state index contributed by atoms with van der Waals surface area (Å²) in [6.45, 7) is 2.25. The number of carbonyl (C=O) groups excluding carboxylic acids is 1. The number of likely N-dealkylation sites (N-methyl/N-ethyl adjacent to an activating group) is 1. The molecule has 0 radical (unpaired) electrons. The predicted molar refractivity (Wildman–Crippen MR) is 114 cm³/mol. The number of anilines is 2. The van der Waals surface area contributed by atoms with Crippen LogP contribution in [0.1, 0.15) is 23.7 Å². The molecule has 0 fully saturated rings. The highest BCUT2D eigenvalue weighted by molar-refractivity contribution is 5.96. The van der Waals surface area contributed by atoms with Gasteiger partial charge in [0.1, 0.15) is 12.6 Å². The molecule has 31 heavy (non-hydrogen) atoms. The van der Waals surface area contributed by atoms with E-state index in [1.54, 1.807) is 31.0 Å². The van der Waals surface area contributed by atoms with E-state index in [9.17, 15) is 10.1 Å².